The summed E-state index contributed by atoms with van der Waals surface area (Å²) < 4.78 is 7.69. The second-order valence-electron chi connectivity index (χ2n) is 9.01. The summed E-state index contributed by atoms with van der Waals surface area (Å²) in [5.74, 6) is 1.25. The predicted octanol–water partition coefficient (Wildman–Crippen LogP) is 4.39. The van der Waals surface area contributed by atoms with Crippen LogP contribution in [0.2, 0.25) is 0 Å². The fraction of sp³-hybridized carbons (Fsp3) is 0.172. The topological polar surface area (TPSA) is 94.0 Å². The van der Waals surface area contributed by atoms with Gasteiger partial charge in [0, 0.05) is 42.3 Å². The number of hydrogen-bond donors (Lipinski definition) is 2. The Balaban J connectivity index is 1.29. The van der Waals surface area contributed by atoms with Crippen molar-refractivity contribution in [2.45, 2.75) is 19.1 Å². The Hall–Kier alpha value is -4.56. The Labute approximate surface area is 214 Å². The SMILES string of the molecule is O=c1ccc2cnc(Nc3ccc(OC4CCNC4)cc3)nc2n1Cc1ccccc1-c1ccncc1. The van der Waals surface area contributed by atoms with E-state index in [1.165, 1.54) is 0 Å². The van der Waals surface area contributed by atoms with Crippen LogP contribution in [0.1, 0.15) is 12.0 Å². The summed E-state index contributed by atoms with van der Waals surface area (Å²) >= 11 is 0. The molecule has 4 heterocycles. The fourth-order valence-corrected chi connectivity index (χ4v) is 4.59. The second kappa shape index (κ2) is 10.2. The summed E-state index contributed by atoms with van der Waals surface area (Å²) in [7, 11) is 0. The summed E-state index contributed by atoms with van der Waals surface area (Å²) in [5.41, 5.74) is 4.41. The molecule has 1 unspecified atom stereocenters. The van der Waals surface area contributed by atoms with Crippen molar-refractivity contribution in [2.75, 3.05) is 18.4 Å². The highest BCUT2D eigenvalue weighted by atomic mass is 16.5. The third-order valence-electron chi connectivity index (χ3n) is 6.49. The highest BCUT2D eigenvalue weighted by Crippen LogP contribution is 2.25. The summed E-state index contributed by atoms with van der Waals surface area (Å²) in [6, 6.07) is 23.1. The normalized spacial score (nSPS) is 15.1. The molecule has 1 aliphatic heterocycles. The molecule has 2 N–H and O–H groups in total. The van der Waals surface area contributed by atoms with Gasteiger partial charge in [-0.05, 0) is 72.1 Å². The lowest BCUT2D eigenvalue weighted by molar-refractivity contribution is 0.223. The van der Waals surface area contributed by atoms with Gasteiger partial charge in [0.1, 0.15) is 17.5 Å². The molecule has 6 rings (SSSR count). The summed E-state index contributed by atoms with van der Waals surface area (Å²) in [5, 5.41) is 7.35. The Bertz CT molecular complexity index is 1580. The third kappa shape index (κ3) is 5.05. The van der Waals surface area contributed by atoms with Crippen molar-refractivity contribution in [2.24, 2.45) is 0 Å². The van der Waals surface area contributed by atoms with E-state index in [1.54, 1.807) is 35.3 Å². The first-order chi connectivity index (χ1) is 18.2. The summed E-state index contributed by atoms with van der Waals surface area (Å²) in [6.07, 6.45) is 6.50. The first-order valence-corrected chi connectivity index (χ1v) is 12.3. The van der Waals surface area contributed by atoms with Gasteiger partial charge in [-0.25, -0.2) is 4.98 Å². The standard InChI is InChI=1S/C29H26N6O2/c36-27-10-5-21-17-32-29(33-23-6-8-24(9-7-23)37-25-13-16-31-18-25)34-28(21)35(27)19-22-3-1-2-4-26(22)20-11-14-30-15-12-20/h1-12,14-15,17,25,31H,13,16,18-19H2,(H,32,33,34). The van der Waals surface area contributed by atoms with E-state index in [-0.39, 0.29) is 11.7 Å². The third-order valence-corrected chi connectivity index (χ3v) is 6.49. The van der Waals surface area contributed by atoms with E-state index >= 15 is 0 Å². The van der Waals surface area contributed by atoms with Crippen molar-refractivity contribution in [1.82, 2.24) is 24.8 Å². The van der Waals surface area contributed by atoms with Gasteiger partial charge in [-0.1, -0.05) is 24.3 Å². The fourth-order valence-electron chi connectivity index (χ4n) is 4.59. The molecule has 0 saturated carbocycles. The number of aromatic nitrogens is 4. The molecule has 1 atom stereocenters. The Kier molecular flexibility index (Phi) is 6.31. The van der Waals surface area contributed by atoms with Crippen molar-refractivity contribution in [1.29, 1.82) is 0 Å². The molecular weight excluding hydrogens is 464 g/mol. The summed E-state index contributed by atoms with van der Waals surface area (Å²) in [6.45, 7) is 2.25. The number of anilines is 2. The lowest BCUT2D eigenvalue weighted by Gasteiger charge is -2.14. The maximum absolute atomic E-state index is 13.0. The predicted molar refractivity (Wildman–Crippen MR) is 144 cm³/mol. The van der Waals surface area contributed by atoms with Crippen molar-refractivity contribution in [3.63, 3.8) is 0 Å². The van der Waals surface area contributed by atoms with Crippen LogP contribution in [-0.2, 0) is 6.54 Å². The number of nitrogens with zero attached hydrogens (tertiary/aromatic N) is 4. The van der Waals surface area contributed by atoms with Gasteiger partial charge in [-0.15, -0.1) is 0 Å². The molecule has 2 aromatic carbocycles. The molecule has 1 fully saturated rings. The molecule has 5 aromatic rings. The first kappa shape index (κ1) is 22.9. The molecule has 1 aliphatic rings. The molecule has 0 aliphatic carbocycles. The lowest BCUT2D eigenvalue weighted by Crippen LogP contribution is -2.21. The Morgan fingerprint density at radius 1 is 1.00 bits per heavy atom. The van der Waals surface area contributed by atoms with Crippen molar-refractivity contribution >= 4 is 22.7 Å². The smallest absolute Gasteiger partial charge is 0.252 e. The zero-order valence-electron chi connectivity index (χ0n) is 20.2. The minimum absolute atomic E-state index is 0.121. The van der Waals surface area contributed by atoms with Gasteiger partial charge >= 0.3 is 0 Å². The molecule has 0 bridgehead atoms. The van der Waals surface area contributed by atoms with Gasteiger partial charge < -0.3 is 15.4 Å². The zero-order chi connectivity index (χ0) is 25.0. The van der Waals surface area contributed by atoms with Gasteiger partial charge in [0.2, 0.25) is 5.95 Å². The van der Waals surface area contributed by atoms with Crippen molar-refractivity contribution in [3.05, 3.63) is 107 Å². The van der Waals surface area contributed by atoms with Gasteiger partial charge in [0.05, 0.1) is 6.54 Å². The number of pyridine rings is 2. The van der Waals surface area contributed by atoms with Crippen LogP contribution in [0.3, 0.4) is 0 Å². The molecule has 1 saturated heterocycles. The monoisotopic (exact) mass is 490 g/mol. The van der Waals surface area contributed by atoms with E-state index in [1.807, 2.05) is 54.6 Å². The molecule has 8 heteroatoms. The largest absolute Gasteiger partial charge is 0.489 e. The van der Waals surface area contributed by atoms with Crippen LogP contribution in [0.15, 0.2) is 96.2 Å². The van der Waals surface area contributed by atoms with Crippen LogP contribution in [0.25, 0.3) is 22.2 Å². The van der Waals surface area contributed by atoms with Crippen molar-refractivity contribution in [3.8, 4) is 16.9 Å². The van der Waals surface area contributed by atoms with E-state index in [0.717, 1.165) is 53.0 Å². The van der Waals surface area contributed by atoms with Gasteiger partial charge in [0.25, 0.3) is 5.56 Å². The van der Waals surface area contributed by atoms with E-state index in [9.17, 15) is 4.79 Å². The van der Waals surface area contributed by atoms with Crippen LogP contribution < -0.4 is 20.9 Å². The van der Waals surface area contributed by atoms with Crippen LogP contribution in [0.5, 0.6) is 5.75 Å². The summed E-state index contributed by atoms with van der Waals surface area (Å²) in [4.78, 5) is 26.3. The highest BCUT2D eigenvalue weighted by molar-refractivity contribution is 5.76. The number of hydrogen-bond acceptors (Lipinski definition) is 7. The molecule has 8 nitrogen and oxygen atoms in total. The molecule has 3 aromatic heterocycles. The molecule has 0 radical (unpaired) electrons. The number of nitrogens with one attached hydrogen (secondary N) is 2. The number of rotatable bonds is 7. The maximum Gasteiger partial charge on any atom is 0.252 e. The van der Waals surface area contributed by atoms with Gasteiger partial charge in [0.15, 0.2) is 0 Å². The van der Waals surface area contributed by atoms with E-state index in [0.29, 0.717) is 18.1 Å². The van der Waals surface area contributed by atoms with E-state index in [4.69, 9.17) is 9.72 Å². The average molecular weight is 491 g/mol. The van der Waals surface area contributed by atoms with Crippen LogP contribution in [0, 0.1) is 0 Å². The first-order valence-electron chi connectivity index (χ1n) is 12.3. The number of benzene rings is 2. The molecule has 0 amide bonds. The highest BCUT2D eigenvalue weighted by Gasteiger charge is 2.16. The molecule has 184 valence electrons. The van der Waals surface area contributed by atoms with Gasteiger partial charge in [-0.2, -0.15) is 4.98 Å². The Morgan fingerprint density at radius 2 is 1.84 bits per heavy atom. The molecular formula is C29H26N6O2. The molecule has 0 spiro atoms. The van der Waals surface area contributed by atoms with E-state index < -0.39 is 0 Å². The van der Waals surface area contributed by atoms with Crippen LogP contribution in [0.4, 0.5) is 11.6 Å². The van der Waals surface area contributed by atoms with Crippen LogP contribution >= 0.6 is 0 Å². The van der Waals surface area contributed by atoms with Crippen molar-refractivity contribution < 1.29 is 4.74 Å². The van der Waals surface area contributed by atoms with Gasteiger partial charge in [-0.3, -0.25) is 14.3 Å². The Morgan fingerprint density at radius 3 is 2.65 bits per heavy atom. The molecule has 37 heavy (non-hydrogen) atoms. The maximum atomic E-state index is 13.0. The lowest BCUT2D eigenvalue weighted by atomic mass is 10.0. The quantitative estimate of drug-likeness (QED) is 0.350. The average Bonchev–Trinajstić information content (AvgIpc) is 3.45. The minimum atomic E-state index is -0.121. The zero-order valence-corrected chi connectivity index (χ0v) is 20.2. The minimum Gasteiger partial charge on any atom is -0.489 e. The number of fused-ring (bicyclic) bond motifs is 1. The number of ether oxygens (including phenoxy) is 1. The second-order valence-corrected chi connectivity index (χ2v) is 9.01. The van der Waals surface area contributed by atoms with Crippen LogP contribution in [-0.4, -0.2) is 38.7 Å². The van der Waals surface area contributed by atoms with E-state index in [2.05, 4.69) is 26.7 Å².